The van der Waals surface area contributed by atoms with Crippen LogP contribution in [0.3, 0.4) is 0 Å². The zero-order valence-electron chi connectivity index (χ0n) is 11.1. The Balaban J connectivity index is 2.40. The molecule has 0 fully saturated rings. The topological polar surface area (TPSA) is 72.2 Å². The van der Waals surface area contributed by atoms with Crippen molar-refractivity contribution in [3.63, 3.8) is 0 Å². The molecule has 2 rings (SSSR count). The summed E-state index contributed by atoms with van der Waals surface area (Å²) >= 11 is 5.88. The Morgan fingerprint density at radius 2 is 1.70 bits per heavy atom. The molecule has 0 radical (unpaired) electrons. The smallest absolute Gasteiger partial charge is 0.261 e. The summed E-state index contributed by atoms with van der Waals surface area (Å²) in [4.78, 5) is 0.125. The van der Waals surface area contributed by atoms with Crippen LogP contribution in [0.1, 0.15) is 11.1 Å². The fraction of sp³-hybridized carbons (Fsp3) is 0.143. The van der Waals surface area contributed by atoms with Crippen LogP contribution < -0.4 is 10.5 Å². The van der Waals surface area contributed by atoms with E-state index in [9.17, 15) is 8.42 Å². The summed E-state index contributed by atoms with van der Waals surface area (Å²) in [6.45, 7) is 3.62. The maximum atomic E-state index is 12.3. The van der Waals surface area contributed by atoms with E-state index in [0.29, 0.717) is 16.4 Å². The number of halogens is 1. The highest BCUT2D eigenvalue weighted by Crippen LogP contribution is 2.24. The lowest BCUT2D eigenvalue weighted by atomic mass is 10.2. The molecule has 0 atom stereocenters. The Labute approximate surface area is 123 Å². The molecule has 0 heterocycles. The lowest BCUT2D eigenvalue weighted by molar-refractivity contribution is 0.601. The first-order valence-electron chi connectivity index (χ1n) is 5.95. The number of hydrogen-bond acceptors (Lipinski definition) is 3. The van der Waals surface area contributed by atoms with E-state index in [2.05, 4.69) is 4.72 Å². The molecule has 3 N–H and O–H groups in total. The van der Waals surface area contributed by atoms with Crippen LogP contribution >= 0.6 is 11.6 Å². The van der Waals surface area contributed by atoms with Gasteiger partial charge in [0.2, 0.25) is 0 Å². The molecule has 0 aliphatic carbocycles. The summed E-state index contributed by atoms with van der Waals surface area (Å²) in [5.41, 5.74) is 8.27. The predicted molar refractivity (Wildman–Crippen MR) is 82.6 cm³/mol. The minimum atomic E-state index is -3.68. The monoisotopic (exact) mass is 310 g/mol. The van der Waals surface area contributed by atoms with E-state index in [1.54, 1.807) is 31.2 Å². The van der Waals surface area contributed by atoms with Gasteiger partial charge in [-0.05, 0) is 49.2 Å². The molecule has 0 bridgehead atoms. The van der Waals surface area contributed by atoms with Gasteiger partial charge in [0.15, 0.2) is 0 Å². The van der Waals surface area contributed by atoms with Gasteiger partial charge in [-0.2, -0.15) is 0 Å². The summed E-state index contributed by atoms with van der Waals surface area (Å²) in [6, 6.07) is 9.68. The van der Waals surface area contributed by atoms with Crippen LogP contribution in [-0.4, -0.2) is 8.42 Å². The first-order valence-corrected chi connectivity index (χ1v) is 7.81. The van der Waals surface area contributed by atoms with Crippen molar-refractivity contribution in [2.45, 2.75) is 18.7 Å². The summed E-state index contributed by atoms with van der Waals surface area (Å²) in [6.07, 6.45) is 0. The fourth-order valence-electron chi connectivity index (χ4n) is 1.69. The zero-order valence-corrected chi connectivity index (χ0v) is 12.7. The number of nitrogens with two attached hydrogens (primary N) is 1. The van der Waals surface area contributed by atoms with Crippen molar-refractivity contribution < 1.29 is 8.42 Å². The highest BCUT2D eigenvalue weighted by atomic mass is 35.5. The molecule has 2 aromatic rings. The van der Waals surface area contributed by atoms with Crippen LogP contribution in [0.4, 0.5) is 11.4 Å². The Morgan fingerprint density at radius 1 is 1.05 bits per heavy atom. The van der Waals surface area contributed by atoms with Crippen LogP contribution in [0.5, 0.6) is 0 Å². The fourth-order valence-corrected chi connectivity index (χ4v) is 3.02. The molecule has 106 valence electrons. The van der Waals surface area contributed by atoms with E-state index in [1.165, 1.54) is 12.1 Å². The third-order valence-corrected chi connectivity index (χ3v) is 4.60. The quantitative estimate of drug-likeness (QED) is 0.854. The van der Waals surface area contributed by atoms with Crippen LogP contribution in [-0.2, 0) is 10.0 Å². The molecular formula is C14H15ClN2O2S. The second kappa shape index (κ2) is 5.34. The van der Waals surface area contributed by atoms with E-state index in [1.807, 2.05) is 6.92 Å². The van der Waals surface area contributed by atoms with Crippen molar-refractivity contribution in [2.24, 2.45) is 0 Å². The molecule has 0 unspecified atom stereocenters. The molecule has 0 saturated carbocycles. The molecule has 0 aromatic heterocycles. The van der Waals surface area contributed by atoms with Gasteiger partial charge in [0, 0.05) is 10.7 Å². The van der Waals surface area contributed by atoms with Gasteiger partial charge >= 0.3 is 0 Å². The lowest BCUT2D eigenvalue weighted by Gasteiger charge is -2.12. The van der Waals surface area contributed by atoms with Crippen LogP contribution in [0.15, 0.2) is 41.3 Å². The average Bonchev–Trinajstić information content (AvgIpc) is 2.36. The van der Waals surface area contributed by atoms with Gasteiger partial charge in [-0.15, -0.1) is 0 Å². The summed E-state index contributed by atoms with van der Waals surface area (Å²) < 4.78 is 27.2. The number of sulfonamides is 1. The van der Waals surface area contributed by atoms with Gasteiger partial charge in [0.1, 0.15) is 0 Å². The first-order chi connectivity index (χ1) is 9.29. The maximum Gasteiger partial charge on any atom is 0.261 e. The Morgan fingerprint density at radius 3 is 2.35 bits per heavy atom. The second-order valence-electron chi connectivity index (χ2n) is 4.58. The number of nitrogens with one attached hydrogen (secondary N) is 1. The molecule has 20 heavy (non-hydrogen) atoms. The zero-order chi connectivity index (χ0) is 14.9. The molecule has 0 saturated heterocycles. The van der Waals surface area contributed by atoms with Gasteiger partial charge in [-0.1, -0.05) is 23.7 Å². The second-order valence-corrected chi connectivity index (χ2v) is 6.70. The number of anilines is 2. The number of nitrogen functional groups attached to an aromatic ring is 1. The van der Waals surface area contributed by atoms with Crippen molar-refractivity contribution in [2.75, 3.05) is 10.5 Å². The molecular weight excluding hydrogens is 296 g/mol. The van der Waals surface area contributed by atoms with Crippen molar-refractivity contribution in [3.8, 4) is 0 Å². The van der Waals surface area contributed by atoms with Crippen LogP contribution in [0.25, 0.3) is 0 Å². The standard InChI is InChI=1S/C14H15ClN2O2S/c1-9-4-6-12(8-13(9)16)20(18,19)17-14-7-11(15)5-3-10(14)2/h3-8,17H,16H2,1-2H3. The van der Waals surface area contributed by atoms with Crippen molar-refractivity contribution in [3.05, 3.63) is 52.5 Å². The minimum absolute atomic E-state index is 0.125. The molecule has 0 spiro atoms. The Bertz CT molecular complexity index is 758. The third-order valence-electron chi connectivity index (χ3n) is 3.00. The SMILES string of the molecule is Cc1ccc(S(=O)(=O)Nc2cc(Cl)ccc2C)cc1N. The van der Waals surface area contributed by atoms with Gasteiger partial charge in [-0.25, -0.2) is 8.42 Å². The highest BCUT2D eigenvalue weighted by Gasteiger charge is 2.16. The normalized spacial score (nSPS) is 11.3. The summed E-state index contributed by atoms with van der Waals surface area (Å²) in [7, 11) is -3.68. The Kier molecular flexibility index (Phi) is 3.92. The molecule has 0 aliphatic rings. The van der Waals surface area contributed by atoms with E-state index >= 15 is 0 Å². The third kappa shape index (κ3) is 3.05. The van der Waals surface area contributed by atoms with Gasteiger partial charge < -0.3 is 5.73 Å². The van der Waals surface area contributed by atoms with Gasteiger partial charge in [0.25, 0.3) is 10.0 Å². The largest absolute Gasteiger partial charge is 0.398 e. The van der Waals surface area contributed by atoms with Crippen molar-refractivity contribution in [1.29, 1.82) is 0 Å². The molecule has 6 heteroatoms. The first kappa shape index (κ1) is 14.7. The molecule has 4 nitrogen and oxygen atoms in total. The van der Waals surface area contributed by atoms with Crippen molar-refractivity contribution >= 4 is 33.0 Å². The van der Waals surface area contributed by atoms with Crippen LogP contribution in [0.2, 0.25) is 5.02 Å². The number of aryl methyl sites for hydroxylation is 2. The lowest BCUT2D eigenvalue weighted by Crippen LogP contribution is -2.14. The van der Waals surface area contributed by atoms with Crippen LogP contribution in [0, 0.1) is 13.8 Å². The summed E-state index contributed by atoms with van der Waals surface area (Å²) in [5, 5.41) is 0.469. The van der Waals surface area contributed by atoms with E-state index in [-0.39, 0.29) is 4.90 Å². The van der Waals surface area contributed by atoms with E-state index in [4.69, 9.17) is 17.3 Å². The predicted octanol–water partition coefficient (Wildman–Crippen LogP) is 3.34. The van der Waals surface area contributed by atoms with E-state index < -0.39 is 10.0 Å². The minimum Gasteiger partial charge on any atom is -0.398 e. The van der Waals surface area contributed by atoms with Gasteiger partial charge in [0.05, 0.1) is 10.6 Å². The number of rotatable bonds is 3. The van der Waals surface area contributed by atoms with E-state index in [0.717, 1.165) is 11.1 Å². The number of benzene rings is 2. The molecule has 0 amide bonds. The van der Waals surface area contributed by atoms with Crippen molar-refractivity contribution in [1.82, 2.24) is 0 Å². The highest BCUT2D eigenvalue weighted by molar-refractivity contribution is 7.92. The average molecular weight is 311 g/mol. The molecule has 0 aliphatic heterocycles. The summed E-state index contributed by atoms with van der Waals surface area (Å²) in [5.74, 6) is 0. The molecule has 2 aromatic carbocycles. The number of hydrogen-bond donors (Lipinski definition) is 2. The maximum absolute atomic E-state index is 12.3. The van der Waals surface area contributed by atoms with Gasteiger partial charge in [-0.3, -0.25) is 4.72 Å². The Hall–Kier alpha value is -1.72.